The van der Waals surface area contributed by atoms with Gasteiger partial charge in [-0.3, -0.25) is 9.69 Å². The van der Waals surface area contributed by atoms with Crippen LogP contribution >= 0.6 is 0 Å². The number of carbonyl (C=O) groups excluding carboxylic acids is 1. The van der Waals surface area contributed by atoms with Gasteiger partial charge in [0.1, 0.15) is 5.75 Å². The van der Waals surface area contributed by atoms with Gasteiger partial charge in [-0.25, -0.2) is 0 Å². The van der Waals surface area contributed by atoms with Crippen molar-refractivity contribution in [3.63, 3.8) is 0 Å². The molecule has 1 aromatic carbocycles. The largest absolute Gasteiger partial charge is 0.493 e. The first-order valence-electron chi connectivity index (χ1n) is 7.30. The van der Waals surface area contributed by atoms with Crippen LogP contribution in [0.5, 0.6) is 5.75 Å². The van der Waals surface area contributed by atoms with Crippen molar-refractivity contribution >= 4 is 5.91 Å². The predicted molar refractivity (Wildman–Crippen MR) is 77.3 cm³/mol. The van der Waals surface area contributed by atoms with Crippen LogP contribution < -0.4 is 15.4 Å². The SMILES string of the molecule is O=C(NCCN1CCNCC1)c1ccc2c(c1)CCO2. The zero-order valence-corrected chi connectivity index (χ0v) is 11.7. The van der Waals surface area contributed by atoms with Crippen molar-refractivity contribution in [2.24, 2.45) is 0 Å². The number of hydrogen-bond acceptors (Lipinski definition) is 4. The molecule has 2 N–H and O–H groups in total. The normalized spacial score (nSPS) is 18.4. The Kier molecular flexibility index (Phi) is 4.18. The van der Waals surface area contributed by atoms with Crippen molar-refractivity contribution in [3.8, 4) is 5.75 Å². The van der Waals surface area contributed by atoms with Gasteiger partial charge in [0.25, 0.3) is 5.91 Å². The fourth-order valence-electron chi connectivity index (χ4n) is 2.69. The van der Waals surface area contributed by atoms with Crippen LogP contribution in [0.1, 0.15) is 15.9 Å². The summed E-state index contributed by atoms with van der Waals surface area (Å²) >= 11 is 0. The van der Waals surface area contributed by atoms with Crippen LogP contribution in [0, 0.1) is 0 Å². The number of hydrogen-bond donors (Lipinski definition) is 2. The summed E-state index contributed by atoms with van der Waals surface area (Å²) in [4.78, 5) is 14.5. The summed E-state index contributed by atoms with van der Waals surface area (Å²) in [6.45, 7) is 6.55. The first-order valence-corrected chi connectivity index (χ1v) is 7.30. The lowest BCUT2D eigenvalue weighted by Gasteiger charge is -2.27. The van der Waals surface area contributed by atoms with E-state index >= 15 is 0 Å². The van der Waals surface area contributed by atoms with Gasteiger partial charge in [0.2, 0.25) is 0 Å². The van der Waals surface area contributed by atoms with Gasteiger partial charge >= 0.3 is 0 Å². The van der Waals surface area contributed by atoms with Crippen LogP contribution in [-0.4, -0.2) is 56.7 Å². The Morgan fingerprint density at radius 1 is 1.35 bits per heavy atom. The average Bonchev–Trinajstić information content (AvgIpc) is 2.95. The molecule has 5 nitrogen and oxygen atoms in total. The maximum atomic E-state index is 12.1. The molecule has 0 aromatic heterocycles. The Morgan fingerprint density at radius 2 is 2.20 bits per heavy atom. The minimum atomic E-state index is 0.00911. The van der Waals surface area contributed by atoms with E-state index < -0.39 is 0 Å². The van der Waals surface area contributed by atoms with E-state index in [4.69, 9.17) is 4.74 Å². The Hall–Kier alpha value is -1.59. The van der Waals surface area contributed by atoms with Crippen molar-refractivity contribution < 1.29 is 9.53 Å². The second-order valence-electron chi connectivity index (χ2n) is 5.27. The molecule has 108 valence electrons. The predicted octanol–water partition coefficient (Wildman–Crippen LogP) is 0.257. The highest BCUT2D eigenvalue weighted by molar-refractivity contribution is 5.94. The standard InChI is InChI=1S/C15H21N3O2/c19-15(17-6-9-18-7-4-16-5-8-18)13-1-2-14-12(11-13)3-10-20-14/h1-2,11,16H,3-10H2,(H,17,19). The summed E-state index contributed by atoms with van der Waals surface area (Å²) in [6, 6.07) is 5.68. The Labute approximate surface area is 119 Å². The quantitative estimate of drug-likeness (QED) is 0.827. The number of carbonyl (C=O) groups is 1. The van der Waals surface area contributed by atoms with E-state index in [1.165, 1.54) is 0 Å². The molecule has 1 saturated heterocycles. The molecule has 0 unspecified atom stereocenters. The molecule has 0 radical (unpaired) electrons. The summed E-state index contributed by atoms with van der Waals surface area (Å²) in [7, 11) is 0. The number of fused-ring (bicyclic) bond motifs is 1. The van der Waals surface area contributed by atoms with Gasteiger partial charge in [-0.15, -0.1) is 0 Å². The summed E-state index contributed by atoms with van der Waals surface area (Å²) in [5, 5.41) is 6.32. The van der Waals surface area contributed by atoms with Crippen LogP contribution in [0.2, 0.25) is 0 Å². The minimum Gasteiger partial charge on any atom is -0.493 e. The molecule has 1 amide bonds. The van der Waals surface area contributed by atoms with Gasteiger partial charge in [0, 0.05) is 51.3 Å². The van der Waals surface area contributed by atoms with Crippen LogP contribution in [0.25, 0.3) is 0 Å². The number of ether oxygens (including phenoxy) is 1. The summed E-state index contributed by atoms with van der Waals surface area (Å²) in [6.07, 6.45) is 0.900. The van der Waals surface area contributed by atoms with Gasteiger partial charge in [-0.2, -0.15) is 0 Å². The van der Waals surface area contributed by atoms with Gasteiger partial charge in [-0.1, -0.05) is 0 Å². The van der Waals surface area contributed by atoms with Crippen molar-refractivity contribution in [1.82, 2.24) is 15.5 Å². The molecule has 0 spiro atoms. The van der Waals surface area contributed by atoms with Gasteiger partial charge in [0.15, 0.2) is 0 Å². The number of amides is 1. The summed E-state index contributed by atoms with van der Waals surface area (Å²) in [5.41, 5.74) is 1.87. The number of piperazine rings is 1. The Balaban J connectivity index is 1.49. The maximum Gasteiger partial charge on any atom is 0.251 e. The lowest BCUT2D eigenvalue weighted by molar-refractivity contribution is 0.0947. The third-order valence-electron chi connectivity index (χ3n) is 3.87. The molecule has 2 heterocycles. The topological polar surface area (TPSA) is 53.6 Å². The van der Waals surface area contributed by atoms with E-state index in [9.17, 15) is 4.79 Å². The van der Waals surface area contributed by atoms with E-state index in [1.807, 2.05) is 18.2 Å². The molecule has 1 aromatic rings. The van der Waals surface area contributed by atoms with Crippen LogP contribution in [0.3, 0.4) is 0 Å². The zero-order valence-electron chi connectivity index (χ0n) is 11.7. The molecule has 0 atom stereocenters. The third-order valence-corrected chi connectivity index (χ3v) is 3.87. The van der Waals surface area contributed by atoms with Crippen LogP contribution in [-0.2, 0) is 6.42 Å². The van der Waals surface area contributed by atoms with Crippen molar-refractivity contribution in [2.75, 3.05) is 45.9 Å². The zero-order chi connectivity index (χ0) is 13.8. The molecule has 0 aliphatic carbocycles. The summed E-state index contributed by atoms with van der Waals surface area (Å²) < 4.78 is 5.45. The second-order valence-corrected chi connectivity index (χ2v) is 5.27. The average molecular weight is 275 g/mol. The number of rotatable bonds is 4. The molecular weight excluding hydrogens is 254 g/mol. The maximum absolute atomic E-state index is 12.1. The number of nitrogens with one attached hydrogen (secondary N) is 2. The van der Waals surface area contributed by atoms with Crippen molar-refractivity contribution in [2.45, 2.75) is 6.42 Å². The Bertz CT molecular complexity index is 484. The van der Waals surface area contributed by atoms with Crippen molar-refractivity contribution in [1.29, 1.82) is 0 Å². The molecule has 2 aliphatic rings. The highest BCUT2D eigenvalue weighted by atomic mass is 16.5. The van der Waals surface area contributed by atoms with Crippen LogP contribution in [0.4, 0.5) is 0 Å². The van der Waals surface area contributed by atoms with E-state index in [0.29, 0.717) is 6.54 Å². The fourth-order valence-corrected chi connectivity index (χ4v) is 2.69. The molecule has 3 rings (SSSR count). The number of benzene rings is 1. The second kappa shape index (κ2) is 6.24. The van der Waals surface area contributed by atoms with E-state index in [2.05, 4.69) is 15.5 Å². The first-order chi connectivity index (χ1) is 9.83. The minimum absolute atomic E-state index is 0.00911. The Morgan fingerprint density at radius 3 is 3.05 bits per heavy atom. The third kappa shape index (κ3) is 3.11. The lowest BCUT2D eigenvalue weighted by Crippen LogP contribution is -2.46. The highest BCUT2D eigenvalue weighted by Crippen LogP contribution is 2.25. The smallest absolute Gasteiger partial charge is 0.251 e. The lowest BCUT2D eigenvalue weighted by atomic mass is 10.1. The van der Waals surface area contributed by atoms with Gasteiger partial charge in [0.05, 0.1) is 6.61 Å². The van der Waals surface area contributed by atoms with Crippen molar-refractivity contribution in [3.05, 3.63) is 29.3 Å². The molecule has 2 aliphatic heterocycles. The highest BCUT2D eigenvalue weighted by Gasteiger charge is 2.15. The van der Waals surface area contributed by atoms with Crippen LogP contribution in [0.15, 0.2) is 18.2 Å². The fraction of sp³-hybridized carbons (Fsp3) is 0.533. The molecule has 0 saturated carbocycles. The van der Waals surface area contributed by atoms with Gasteiger partial charge < -0.3 is 15.4 Å². The molecular formula is C15H21N3O2. The molecule has 1 fully saturated rings. The molecule has 0 bridgehead atoms. The summed E-state index contributed by atoms with van der Waals surface area (Å²) in [5.74, 6) is 0.928. The number of nitrogens with zero attached hydrogens (tertiary/aromatic N) is 1. The van der Waals surface area contributed by atoms with E-state index in [1.54, 1.807) is 0 Å². The molecule has 5 heteroatoms. The van der Waals surface area contributed by atoms with E-state index in [0.717, 1.165) is 62.6 Å². The van der Waals surface area contributed by atoms with E-state index in [-0.39, 0.29) is 5.91 Å². The van der Waals surface area contributed by atoms with Gasteiger partial charge in [-0.05, 0) is 23.8 Å². The molecule has 20 heavy (non-hydrogen) atoms. The first kappa shape index (κ1) is 13.4. The monoisotopic (exact) mass is 275 g/mol.